The second-order valence-electron chi connectivity index (χ2n) is 10.7. The average molecular weight is 534 g/mol. The van der Waals surface area contributed by atoms with Gasteiger partial charge in [-0.2, -0.15) is 0 Å². The molecule has 0 unspecified atom stereocenters. The molecule has 0 atom stereocenters. The Hall–Kier alpha value is -2.66. The lowest BCUT2D eigenvalue weighted by Gasteiger charge is -2.37. The van der Waals surface area contributed by atoms with Crippen molar-refractivity contribution in [1.82, 2.24) is 14.3 Å². The fourth-order valence-corrected chi connectivity index (χ4v) is 6.51. The largest absolute Gasteiger partial charge is 0.497 e. The van der Waals surface area contributed by atoms with Gasteiger partial charge in [0.2, 0.25) is 0 Å². The van der Waals surface area contributed by atoms with E-state index in [0.717, 1.165) is 43.1 Å². The molecule has 6 rings (SSSR count). The van der Waals surface area contributed by atoms with Crippen molar-refractivity contribution < 1.29 is 9.13 Å². The third-order valence-electron chi connectivity index (χ3n) is 8.33. The number of nitrogens with zero attached hydrogens (tertiary/aromatic N) is 3. The highest BCUT2D eigenvalue weighted by atomic mass is 19.1. The Morgan fingerprint density at radius 1 is 0.949 bits per heavy atom. The van der Waals surface area contributed by atoms with Gasteiger partial charge in [0.1, 0.15) is 11.4 Å². The van der Waals surface area contributed by atoms with Crippen LogP contribution in [0.5, 0.6) is 5.75 Å². The van der Waals surface area contributed by atoms with E-state index in [9.17, 15) is 4.39 Å². The molecule has 2 fully saturated rings. The van der Waals surface area contributed by atoms with Crippen LogP contribution in [-0.2, 0) is 13.0 Å². The summed E-state index contributed by atoms with van der Waals surface area (Å²) in [5.74, 6) is 1.84. The van der Waals surface area contributed by atoms with Crippen molar-refractivity contribution in [3.05, 3.63) is 70.7 Å². The second-order valence-corrected chi connectivity index (χ2v) is 10.7. The van der Waals surface area contributed by atoms with E-state index >= 15 is 0 Å². The van der Waals surface area contributed by atoms with Crippen molar-refractivity contribution in [1.29, 1.82) is 0 Å². The number of hydrogen-bond donors (Lipinski definition) is 0. The van der Waals surface area contributed by atoms with Crippen molar-refractivity contribution >= 4 is 11.2 Å². The van der Waals surface area contributed by atoms with E-state index in [1.807, 2.05) is 27.7 Å². The molecule has 0 radical (unpaired) electrons. The molecule has 1 aromatic carbocycles. The van der Waals surface area contributed by atoms with Gasteiger partial charge in [-0.25, -0.2) is 4.98 Å². The lowest BCUT2D eigenvalue weighted by atomic mass is 9.78. The lowest BCUT2D eigenvalue weighted by Crippen LogP contribution is -2.46. The average Bonchev–Trinajstić information content (AvgIpc) is 3.28. The van der Waals surface area contributed by atoms with Gasteiger partial charge in [0.15, 0.2) is 0 Å². The molecular weight excluding hydrogens is 485 g/mol. The molecule has 0 amide bonds. The Morgan fingerprint density at radius 2 is 1.72 bits per heavy atom. The highest BCUT2D eigenvalue weighted by molar-refractivity contribution is 5.85. The first-order chi connectivity index (χ1) is 19.2. The minimum Gasteiger partial charge on any atom is -0.497 e. The lowest BCUT2D eigenvalue weighted by molar-refractivity contribution is 0.0727. The molecule has 1 saturated carbocycles. The molecule has 2 aliphatic carbocycles. The molecule has 0 N–H and O–H groups in total. The molecule has 5 heteroatoms. The first kappa shape index (κ1) is 29.3. The summed E-state index contributed by atoms with van der Waals surface area (Å²) in [5.41, 5.74) is 9.20. The predicted molar refractivity (Wildman–Crippen MR) is 161 cm³/mol. The van der Waals surface area contributed by atoms with E-state index in [2.05, 4.69) is 52.0 Å². The normalized spacial score (nSPS) is 18.3. The highest BCUT2D eigenvalue weighted by Crippen LogP contribution is 2.43. The number of pyridine rings is 1. The van der Waals surface area contributed by atoms with Crippen LogP contribution in [0.1, 0.15) is 95.0 Å². The zero-order valence-corrected chi connectivity index (χ0v) is 24.8. The second kappa shape index (κ2) is 14.1. The molecule has 1 aliphatic heterocycles. The molecule has 3 aliphatic rings. The fourth-order valence-electron chi connectivity index (χ4n) is 6.51. The number of ether oxygens (including phenoxy) is 1. The van der Waals surface area contributed by atoms with Gasteiger partial charge in [0.25, 0.3) is 0 Å². The van der Waals surface area contributed by atoms with Gasteiger partial charge in [0.05, 0.1) is 19.5 Å². The van der Waals surface area contributed by atoms with E-state index in [4.69, 9.17) is 9.72 Å². The van der Waals surface area contributed by atoms with Crippen molar-refractivity contribution in [2.45, 2.75) is 85.6 Å². The Labute approximate surface area is 235 Å². The summed E-state index contributed by atoms with van der Waals surface area (Å²) in [6.07, 6.45) is 14.5. The van der Waals surface area contributed by atoms with Gasteiger partial charge in [-0.3, -0.25) is 9.29 Å². The molecule has 1 saturated heterocycles. The highest BCUT2D eigenvalue weighted by Gasteiger charge is 2.28. The minimum atomic E-state index is -0.211. The predicted octanol–water partition coefficient (Wildman–Crippen LogP) is 8.52. The monoisotopic (exact) mass is 533 g/mol. The number of aryl methyl sites for hydroxylation is 1. The molecule has 0 spiro atoms. The minimum absolute atomic E-state index is 0.206. The summed E-state index contributed by atoms with van der Waals surface area (Å²) in [5, 5.41) is 0. The first-order valence-corrected chi connectivity index (χ1v) is 15.4. The first-order valence-electron chi connectivity index (χ1n) is 15.4. The van der Waals surface area contributed by atoms with Crippen LogP contribution in [-0.4, -0.2) is 41.2 Å². The number of hydrogen-bond acceptors (Lipinski definition) is 3. The Bertz CT molecular complexity index is 1230. The number of benzene rings is 1. The Balaban J connectivity index is 0.000000845. The summed E-state index contributed by atoms with van der Waals surface area (Å²) < 4.78 is 20.5. The van der Waals surface area contributed by atoms with Gasteiger partial charge >= 0.3 is 0 Å². The van der Waals surface area contributed by atoms with Crippen LogP contribution >= 0.6 is 0 Å². The molecule has 4 nitrogen and oxygen atoms in total. The number of methoxy groups -OCH3 is 1. The van der Waals surface area contributed by atoms with E-state index in [1.54, 1.807) is 12.7 Å². The van der Waals surface area contributed by atoms with E-state index < -0.39 is 0 Å². The third kappa shape index (κ3) is 6.57. The summed E-state index contributed by atoms with van der Waals surface area (Å²) in [6, 6.07) is 11.2. The van der Waals surface area contributed by atoms with Crippen LogP contribution in [0.15, 0.2) is 48.3 Å². The maximum absolute atomic E-state index is 12.8. The maximum Gasteiger partial charge on any atom is 0.137 e. The van der Waals surface area contributed by atoms with Crippen LogP contribution in [0.2, 0.25) is 0 Å². The van der Waals surface area contributed by atoms with Gasteiger partial charge < -0.3 is 9.14 Å². The SMILES string of the molecule is CC.CC.COc1ccc2c(c1)CCCC(C1CCCCC1)=C2c1ccn2cc(CN3CC(CF)C3)nc2c1. The van der Waals surface area contributed by atoms with Gasteiger partial charge in [0, 0.05) is 37.9 Å². The Kier molecular flexibility index (Phi) is 10.6. The smallest absolute Gasteiger partial charge is 0.137 e. The van der Waals surface area contributed by atoms with Gasteiger partial charge in [-0.1, -0.05) is 58.6 Å². The van der Waals surface area contributed by atoms with Crippen LogP contribution in [0.4, 0.5) is 4.39 Å². The van der Waals surface area contributed by atoms with Crippen molar-refractivity contribution in [3.8, 4) is 5.75 Å². The van der Waals surface area contributed by atoms with Gasteiger partial charge in [-0.05, 0) is 84.6 Å². The number of aromatic nitrogens is 2. The molecule has 0 bridgehead atoms. The number of imidazole rings is 1. The fraction of sp³-hybridized carbons (Fsp3) is 0.559. The maximum atomic E-state index is 12.8. The van der Waals surface area contributed by atoms with E-state index in [-0.39, 0.29) is 12.6 Å². The molecule has 2 aromatic heterocycles. The zero-order chi connectivity index (χ0) is 27.8. The zero-order valence-electron chi connectivity index (χ0n) is 24.8. The van der Waals surface area contributed by atoms with E-state index in [1.165, 1.54) is 67.2 Å². The van der Waals surface area contributed by atoms with Crippen LogP contribution in [0.3, 0.4) is 0 Å². The van der Waals surface area contributed by atoms with Crippen molar-refractivity contribution in [2.24, 2.45) is 11.8 Å². The quantitative estimate of drug-likeness (QED) is 0.318. The number of likely N-dealkylation sites (tertiary alicyclic amines) is 1. The van der Waals surface area contributed by atoms with Crippen LogP contribution in [0, 0.1) is 11.8 Å². The summed E-state index contributed by atoms with van der Waals surface area (Å²) >= 11 is 0. The number of allylic oxidation sites excluding steroid dienone is 1. The number of rotatable bonds is 6. The number of fused-ring (bicyclic) bond motifs is 2. The molecule has 3 heterocycles. The molecule has 212 valence electrons. The van der Waals surface area contributed by atoms with Crippen LogP contribution < -0.4 is 4.74 Å². The van der Waals surface area contributed by atoms with Crippen molar-refractivity contribution in [3.63, 3.8) is 0 Å². The Morgan fingerprint density at radius 3 is 2.44 bits per heavy atom. The summed E-state index contributed by atoms with van der Waals surface area (Å²) in [7, 11) is 1.75. The topological polar surface area (TPSA) is 29.8 Å². The molecular formula is C34H48FN3O. The molecule has 3 aromatic rings. The van der Waals surface area contributed by atoms with E-state index in [0.29, 0.717) is 5.92 Å². The van der Waals surface area contributed by atoms with Gasteiger partial charge in [-0.15, -0.1) is 0 Å². The van der Waals surface area contributed by atoms with Crippen LogP contribution in [0.25, 0.3) is 11.2 Å². The van der Waals surface area contributed by atoms with Crippen molar-refractivity contribution in [2.75, 3.05) is 26.9 Å². The third-order valence-corrected chi connectivity index (χ3v) is 8.33. The molecule has 39 heavy (non-hydrogen) atoms. The number of halogens is 1. The number of alkyl halides is 1. The standard InChI is InChI=1S/C30H36FN3O.2C2H6/c1-35-26-10-11-28-23(14-26)8-5-9-27(22-6-3-2-4-7-22)30(28)24-12-13-34-20-25(32-29(34)15-24)19-33-17-21(16-31)18-33;2*1-2/h10-15,20-22H,2-9,16-19H2,1H3;2*1-2H3. The summed E-state index contributed by atoms with van der Waals surface area (Å²) in [4.78, 5) is 7.25. The summed E-state index contributed by atoms with van der Waals surface area (Å²) in [6.45, 7) is 10.3.